The van der Waals surface area contributed by atoms with Gasteiger partial charge in [-0.1, -0.05) is 103 Å². The topological polar surface area (TPSA) is 106 Å². The second-order valence-electron chi connectivity index (χ2n) is 10.4. The Morgan fingerprint density at radius 3 is 1.70 bits per heavy atom. The third-order valence-corrected chi connectivity index (χ3v) is 7.08. The van der Waals surface area contributed by atoms with Crippen LogP contribution in [0, 0.1) is 0 Å². The van der Waals surface area contributed by atoms with Gasteiger partial charge in [0, 0.05) is 18.9 Å². The standard InChI is InChI=1S/C30H56N2O7S/c1-3-4-5-6-7-8-9-10-11-12-13-14-15-16-17-18-21-36-26-29(39-30-19-20-31-28-32-30)27-37-23-22-35-24-25-38-40(2,33)34/h19-20,28-29H,3-18,21-27H2,1-2H3. The van der Waals surface area contributed by atoms with Crippen LogP contribution in [-0.4, -0.2) is 77.0 Å². The first-order valence-electron chi connectivity index (χ1n) is 15.5. The highest BCUT2D eigenvalue weighted by Gasteiger charge is 2.12. The van der Waals surface area contributed by atoms with Gasteiger partial charge in [-0.2, -0.15) is 8.42 Å². The second kappa shape index (κ2) is 26.6. The zero-order valence-electron chi connectivity index (χ0n) is 25.2. The monoisotopic (exact) mass is 588 g/mol. The summed E-state index contributed by atoms with van der Waals surface area (Å²) in [6, 6.07) is 1.70. The van der Waals surface area contributed by atoms with Crippen LogP contribution in [0.25, 0.3) is 0 Å². The average Bonchev–Trinajstić information content (AvgIpc) is 2.93. The van der Waals surface area contributed by atoms with E-state index in [0.29, 0.717) is 38.9 Å². The van der Waals surface area contributed by atoms with Crippen molar-refractivity contribution in [2.75, 3.05) is 52.5 Å². The average molecular weight is 589 g/mol. The Morgan fingerprint density at radius 2 is 1.18 bits per heavy atom. The molecule has 0 fully saturated rings. The predicted molar refractivity (Wildman–Crippen MR) is 159 cm³/mol. The number of hydrogen-bond donors (Lipinski definition) is 0. The Morgan fingerprint density at radius 1 is 0.675 bits per heavy atom. The van der Waals surface area contributed by atoms with Crippen molar-refractivity contribution in [3.05, 3.63) is 18.6 Å². The van der Waals surface area contributed by atoms with Crippen molar-refractivity contribution in [3.63, 3.8) is 0 Å². The minimum absolute atomic E-state index is 0.00845. The molecule has 0 amide bonds. The van der Waals surface area contributed by atoms with Crippen molar-refractivity contribution in [3.8, 4) is 5.88 Å². The number of aromatic nitrogens is 2. The van der Waals surface area contributed by atoms with Gasteiger partial charge in [-0.15, -0.1) is 0 Å². The SMILES string of the molecule is CCCCCCCCCCCCCCCCCCOCC(COCCOCCOS(C)(=O)=O)Oc1ccncn1. The molecule has 0 spiro atoms. The molecule has 1 atom stereocenters. The van der Waals surface area contributed by atoms with Crippen molar-refractivity contribution < 1.29 is 31.5 Å². The first-order chi connectivity index (χ1) is 19.5. The Kier molecular flexibility index (Phi) is 24.4. The maximum Gasteiger partial charge on any atom is 0.264 e. The van der Waals surface area contributed by atoms with Gasteiger partial charge < -0.3 is 18.9 Å². The number of hydrogen-bond acceptors (Lipinski definition) is 9. The molecule has 234 valence electrons. The maximum absolute atomic E-state index is 10.9. The molecule has 0 aromatic carbocycles. The van der Waals surface area contributed by atoms with Crippen molar-refractivity contribution in [2.24, 2.45) is 0 Å². The Balaban J connectivity index is 2.01. The predicted octanol–water partition coefficient (Wildman–Crippen LogP) is 6.51. The molecule has 1 rings (SSSR count). The van der Waals surface area contributed by atoms with Gasteiger partial charge in [0.05, 0.1) is 45.9 Å². The summed E-state index contributed by atoms with van der Waals surface area (Å²) in [7, 11) is -3.44. The molecule has 40 heavy (non-hydrogen) atoms. The van der Waals surface area contributed by atoms with E-state index in [9.17, 15) is 8.42 Å². The van der Waals surface area contributed by atoms with Gasteiger partial charge in [-0.3, -0.25) is 4.18 Å². The molecular weight excluding hydrogens is 532 g/mol. The van der Waals surface area contributed by atoms with Crippen LogP contribution in [0.4, 0.5) is 0 Å². The zero-order valence-corrected chi connectivity index (χ0v) is 26.0. The number of rotatable bonds is 30. The van der Waals surface area contributed by atoms with Crippen LogP contribution in [0.1, 0.15) is 110 Å². The summed E-state index contributed by atoms with van der Waals surface area (Å²) in [5, 5.41) is 0. The Labute approximate surface area is 244 Å². The lowest BCUT2D eigenvalue weighted by molar-refractivity contribution is -0.0254. The number of unbranched alkanes of at least 4 members (excludes halogenated alkanes) is 15. The van der Waals surface area contributed by atoms with E-state index >= 15 is 0 Å². The highest BCUT2D eigenvalue weighted by atomic mass is 32.2. The van der Waals surface area contributed by atoms with Gasteiger partial charge >= 0.3 is 0 Å². The Hall–Kier alpha value is -1.33. The van der Waals surface area contributed by atoms with Crippen LogP contribution in [0.3, 0.4) is 0 Å². The summed E-state index contributed by atoms with van der Waals surface area (Å²) >= 11 is 0. The lowest BCUT2D eigenvalue weighted by Gasteiger charge is -2.18. The van der Waals surface area contributed by atoms with Crippen LogP contribution in [0.15, 0.2) is 18.6 Å². The van der Waals surface area contributed by atoms with Gasteiger partial charge in [0.25, 0.3) is 10.1 Å². The lowest BCUT2D eigenvalue weighted by Crippen LogP contribution is -2.30. The van der Waals surface area contributed by atoms with Gasteiger partial charge in [0.1, 0.15) is 12.4 Å². The molecule has 0 saturated carbocycles. The van der Waals surface area contributed by atoms with E-state index in [1.807, 2.05) is 0 Å². The molecule has 0 aliphatic heterocycles. The second-order valence-corrected chi connectivity index (χ2v) is 12.0. The summed E-state index contributed by atoms with van der Waals surface area (Å²) in [4.78, 5) is 8.03. The summed E-state index contributed by atoms with van der Waals surface area (Å²) in [5.74, 6) is 0.476. The fraction of sp³-hybridized carbons (Fsp3) is 0.867. The van der Waals surface area contributed by atoms with E-state index in [1.165, 1.54) is 103 Å². The fourth-order valence-corrected chi connectivity index (χ4v) is 4.65. The lowest BCUT2D eigenvalue weighted by atomic mass is 10.0. The van der Waals surface area contributed by atoms with E-state index < -0.39 is 10.1 Å². The molecule has 0 saturated heterocycles. The first-order valence-corrected chi connectivity index (χ1v) is 17.3. The van der Waals surface area contributed by atoms with Crippen molar-refractivity contribution in [1.29, 1.82) is 0 Å². The number of ether oxygens (including phenoxy) is 4. The van der Waals surface area contributed by atoms with E-state index in [-0.39, 0.29) is 19.3 Å². The number of nitrogens with zero attached hydrogens (tertiary/aromatic N) is 2. The summed E-state index contributed by atoms with van der Waals surface area (Å²) in [6.45, 7) is 4.56. The van der Waals surface area contributed by atoms with Gasteiger partial charge in [-0.05, 0) is 6.42 Å². The summed E-state index contributed by atoms with van der Waals surface area (Å²) in [6.07, 6.45) is 25.4. The van der Waals surface area contributed by atoms with Crippen LogP contribution >= 0.6 is 0 Å². The minimum atomic E-state index is -3.44. The molecule has 0 radical (unpaired) electrons. The zero-order chi connectivity index (χ0) is 29.0. The Bertz CT molecular complexity index is 769. The van der Waals surface area contributed by atoms with E-state index in [2.05, 4.69) is 21.1 Å². The molecule has 1 unspecified atom stereocenters. The van der Waals surface area contributed by atoms with Crippen molar-refractivity contribution >= 4 is 10.1 Å². The fourth-order valence-electron chi connectivity index (χ4n) is 4.28. The molecule has 9 nitrogen and oxygen atoms in total. The smallest absolute Gasteiger partial charge is 0.264 e. The maximum atomic E-state index is 10.9. The van der Waals surface area contributed by atoms with E-state index in [0.717, 1.165) is 12.7 Å². The molecule has 1 heterocycles. The van der Waals surface area contributed by atoms with Gasteiger partial charge in [-0.25, -0.2) is 9.97 Å². The molecule has 1 aromatic rings. The van der Waals surface area contributed by atoms with Crippen LogP contribution in [0.5, 0.6) is 5.88 Å². The molecule has 10 heteroatoms. The van der Waals surface area contributed by atoms with Crippen LogP contribution in [-0.2, 0) is 28.5 Å². The normalized spacial score (nSPS) is 12.6. The summed E-state index contributed by atoms with van der Waals surface area (Å²) < 4.78 is 49.2. The molecular formula is C30H56N2O7S. The highest BCUT2D eigenvalue weighted by Crippen LogP contribution is 2.14. The van der Waals surface area contributed by atoms with Crippen molar-refractivity contribution in [2.45, 2.75) is 116 Å². The molecule has 0 bridgehead atoms. The van der Waals surface area contributed by atoms with Crippen molar-refractivity contribution in [1.82, 2.24) is 9.97 Å². The third kappa shape index (κ3) is 25.6. The first kappa shape index (κ1) is 36.7. The molecule has 0 aliphatic rings. The van der Waals surface area contributed by atoms with Crippen LogP contribution < -0.4 is 4.74 Å². The van der Waals surface area contributed by atoms with Gasteiger partial charge in [0.2, 0.25) is 5.88 Å². The molecule has 1 aromatic heterocycles. The summed E-state index contributed by atoms with van der Waals surface area (Å²) in [5.41, 5.74) is 0. The van der Waals surface area contributed by atoms with Crippen LogP contribution in [0.2, 0.25) is 0 Å². The third-order valence-electron chi connectivity index (χ3n) is 6.49. The largest absolute Gasteiger partial charge is 0.469 e. The van der Waals surface area contributed by atoms with Gasteiger partial charge in [0.15, 0.2) is 0 Å². The molecule has 0 N–H and O–H groups in total. The minimum Gasteiger partial charge on any atom is -0.469 e. The highest BCUT2D eigenvalue weighted by molar-refractivity contribution is 7.85. The van der Waals surface area contributed by atoms with E-state index in [1.54, 1.807) is 12.3 Å². The van der Waals surface area contributed by atoms with E-state index in [4.69, 9.17) is 18.9 Å². The molecule has 0 aliphatic carbocycles. The quantitative estimate of drug-likeness (QED) is 0.0734.